The molecule has 2 atom stereocenters. The second kappa shape index (κ2) is 7.57. The third-order valence-electron chi connectivity index (χ3n) is 4.47. The van der Waals surface area contributed by atoms with E-state index in [1.807, 2.05) is 31.2 Å². The zero-order valence-electron chi connectivity index (χ0n) is 13.1. The van der Waals surface area contributed by atoms with Crippen LogP contribution in [0.15, 0.2) is 24.3 Å². The number of hydrogen-bond donors (Lipinski definition) is 2. The van der Waals surface area contributed by atoms with Crippen LogP contribution in [0.3, 0.4) is 0 Å². The van der Waals surface area contributed by atoms with Crippen molar-refractivity contribution in [1.29, 1.82) is 0 Å². The summed E-state index contributed by atoms with van der Waals surface area (Å²) in [5.74, 6) is 1.31. The second-order valence-corrected chi connectivity index (χ2v) is 6.11. The first-order valence-electron chi connectivity index (χ1n) is 7.91. The Morgan fingerprint density at radius 3 is 2.90 bits per heavy atom. The normalized spacial score (nSPS) is 23.0. The maximum atomic E-state index is 12.2. The first kappa shape index (κ1) is 16.0. The largest absolute Gasteiger partial charge is 0.330 e. The molecule has 2 rings (SSSR count). The molecule has 0 aromatic heterocycles. The number of nitrogens with zero attached hydrogens (tertiary/aromatic N) is 1. The van der Waals surface area contributed by atoms with Crippen molar-refractivity contribution in [2.24, 2.45) is 17.6 Å². The smallest absolute Gasteiger partial charge is 0.238 e. The topological polar surface area (TPSA) is 58.4 Å². The Bertz CT molecular complexity index is 475. The zero-order chi connectivity index (χ0) is 15.2. The Morgan fingerprint density at radius 2 is 2.24 bits per heavy atom. The Balaban J connectivity index is 1.85. The summed E-state index contributed by atoms with van der Waals surface area (Å²) >= 11 is 0. The summed E-state index contributed by atoms with van der Waals surface area (Å²) in [4.78, 5) is 14.4. The van der Waals surface area contributed by atoms with Gasteiger partial charge in [0.25, 0.3) is 0 Å². The van der Waals surface area contributed by atoms with Gasteiger partial charge in [0.1, 0.15) is 0 Å². The van der Waals surface area contributed by atoms with Crippen LogP contribution < -0.4 is 11.1 Å². The molecule has 1 aliphatic heterocycles. The maximum Gasteiger partial charge on any atom is 0.238 e. The highest BCUT2D eigenvalue weighted by molar-refractivity contribution is 5.92. The first-order valence-corrected chi connectivity index (χ1v) is 7.91. The number of rotatable bonds is 5. The summed E-state index contributed by atoms with van der Waals surface area (Å²) in [5.41, 5.74) is 7.87. The molecule has 0 bridgehead atoms. The van der Waals surface area contributed by atoms with Crippen LogP contribution in [-0.2, 0) is 4.79 Å². The first-order chi connectivity index (χ1) is 10.1. The minimum Gasteiger partial charge on any atom is -0.330 e. The van der Waals surface area contributed by atoms with Crippen LogP contribution in [-0.4, -0.2) is 37.0 Å². The molecule has 0 spiro atoms. The molecule has 116 valence electrons. The number of anilines is 1. The van der Waals surface area contributed by atoms with Crippen LogP contribution in [0, 0.1) is 18.8 Å². The van der Waals surface area contributed by atoms with Gasteiger partial charge in [0.15, 0.2) is 0 Å². The number of nitrogens with one attached hydrogen (secondary N) is 1. The Labute approximate surface area is 127 Å². The second-order valence-electron chi connectivity index (χ2n) is 6.11. The lowest BCUT2D eigenvalue weighted by Crippen LogP contribution is -2.45. The summed E-state index contributed by atoms with van der Waals surface area (Å²) in [5, 5.41) is 2.98. The van der Waals surface area contributed by atoms with Gasteiger partial charge in [-0.1, -0.05) is 25.5 Å². The number of carbonyl (C=O) groups is 1. The van der Waals surface area contributed by atoms with E-state index in [0.717, 1.165) is 43.7 Å². The zero-order valence-corrected chi connectivity index (χ0v) is 13.1. The molecule has 4 nitrogen and oxygen atoms in total. The third kappa shape index (κ3) is 4.55. The van der Waals surface area contributed by atoms with Gasteiger partial charge in [-0.25, -0.2) is 0 Å². The molecule has 4 heteroatoms. The molecule has 0 aliphatic carbocycles. The van der Waals surface area contributed by atoms with Crippen molar-refractivity contribution < 1.29 is 4.79 Å². The van der Waals surface area contributed by atoms with Crippen molar-refractivity contribution in [3.05, 3.63) is 29.8 Å². The number of nitrogens with two attached hydrogens (primary N) is 1. The van der Waals surface area contributed by atoms with Gasteiger partial charge in [0.2, 0.25) is 5.91 Å². The molecule has 21 heavy (non-hydrogen) atoms. The summed E-state index contributed by atoms with van der Waals surface area (Å²) in [6.07, 6.45) is 2.24. The molecule has 3 N–H and O–H groups in total. The van der Waals surface area contributed by atoms with Crippen LogP contribution in [0.25, 0.3) is 0 Å². The standard InChI is InChI=1S/C17H27N3O/c1-3-14-11-20(8-7-15(14)10-18)12-17(21)19-16-6-4-5-13(2)9-16/h4-6,9,14-15H,3,7-8,10-12,18H2,1-2H3,(H,19,21). The lowest BCUT2D eigenvalue weighted by atomic mass is 9.84. The van der Waals surface area contributed by atoms with Crippen molar-refractivity contribution in [3.8, 4) is 0 Å². The Kier molecular flexibility index (Phi) is 5.76. The molecule has 1 aromatic carbocycles. The summed E-state index contributed by atoms with van der Waals surface area (Å²) in [6.45, 7) is 7.44. The SMILES string of the molecule is CCC1CN(CC(=O)Nc2cccc(C)c2)CCC1CN. The number of benzene rings is 1. The fourth-order valence-corrected chi connectivity index (χ4v) is 3.20. The van der Waals surface area contributed by atoms with Gasteiger partial charge < -0.3 is 11.1 Å². The highest BCUT2D eigenvalue weighted by Crippen LogP contribution is 2.25. The predicted octanol–water partition coefficient (Wildman–Crippen LogP) is 2.24. The molecular formula is C17H27N3O. The van der Waals surface area contributed by atoms with Crippen molar-refractivity contribution in [3.63, 3.8) is 0 Å². The van der Waals surface area contributed by atoms with Crippen molar-refractivity contribution in [2.75, 3.05) is 31.5 Å². The molecule has 1 fully saturated rings. The molecule has 0 radical (unpaired) electrons. The predicted molar refractivity (Wildman–Crippen MR) is 87.2 cm³/mol. The van der Waals surface area contributed by atoms with Crippen LogP contribution >= 0.6 is 0 Å². The van der Waals surface area contributed by atoms with E-state index in [4.69, 9.17) is 5.73 Å². The van der Waals surface area contributed by atoms with E-state index in [-0.39, 0.29) is 5.91 Å². The number of carbonyl (C=O) groups excluding carboxylic acids is 1. The van der Waals surface area contributed by atoms with Gasteiger partial charge >= 0.3 is 0 Å². The molecule has 1 amide bonds. The fourth-order valence-electron chi connectivity index (χ4n) is 3.20. The molecule has 2 unspecified atom stereocenters. The van der Waals surface area contributed by atoms with Crippen LogP contribution in [0.5, 0.6) is 0 Å². The monoisotopic (exact) mass is 289 g/mol. The molecule has 0 saturated carbocycles. The molecule has 1 heterocycles. The number of hydrogen-bond acceptors (Lipinski definition) is 3. The maximum absolute atomic E-state index is 12.2. The number of amides is 1. The molecule has 1 saturated heterocycles. The van der Waals surface area contributed by atoms with Gasteiger partial charge in [0.05, 0.1) is 6.54 Å². The number of likely N-dealkylation sites (tertiary alicyclic amines) is 1. The van der Waals surface area contributed by atoms with Gasteiger partial charge in [-0.2, -0.15) is 0 Å². The van der Waals surface area contributed by atoms with Crippen LogP contribution in [0.2, 0.25) is 0 Å². The lowest BCUT2D eigenvalue weighted by molar-refractivity contribution is -0.117. The molecular weight excluding hydrogens is 262 g/mol. The van der Waals surface area contributed by atoms with E-state index < -0.39 is 0 Å². The van der Waals surface area contributed by atoms with Crippen LogP contribution in [0.1, 0.15) is 25.3 Å². The van der Waals surface area contributed by atoms with Crippen molar-refractivity contribution in [1.82, 2.24) is 4.90 Å². The van der Waals surface area contributed by atoms with E-state index in [2.05, 4.69) is 17.1 Å². The summed E-state index contributed by atoms with van der Waals surface area (Å²) in [6, 6.07) is 7.91. The van der Waals surface area contributed by atoms with E-state index in [9.17, 15) is 4.79 Å². The Hall–Kier alpha value is -1.39. The van der Waals surface area contributed by atoms with Crippen molar-refractivity contribution in [2.45, 2.75) is 26.7 Å². The van der Waals surface area contributed by atoms with E-state index in [1.165, 1.54) is 0 Å². The molecule has 1 aliphatic rings. The summed E-state index contributed by atoms with van der Waals surface area (Å²) < 4.78 is 0. The fraction of sp³-hybridized carbons (Fsp3) is 0.588. The van der Waals surface area contributed by atoms with Gasteiger partial charge in [-0.3, -0.25) is 9.69 Å². The highest BCUT2D eigenvalue weighted by Gasteiger charge is 2.27. The van der Waals surface area contributed by atoms with Gasteiger partial charge in [-0.05, 0) is 56.0 Å². The van der Waals surface area contributed by atoms with Gasteiger partial charge in [-0.15, -0.1) is 0 Å². The van der Waals surface area contributed by atoms with Gasteiger partial charge in [0, 0.05) is 12.2 Å². The average Bonchev–Trinajstić information content (AvgIpc) is 2.47. The lowest BCUT2D eigenvalue weighted by Gasteiger charge is -2.37. The van der Waals surface area contributed by atoms with E-state index >= 15 is 0 Å². The van der Waals surface area contributed by atoms with Crippen LogP contribution in [0.4, 0.5) is 5.69 Å². The quantitative estimate of drug-likeness (QED) is 0.874. The minimum absolute atomic E-state index is 0.0710. The average molecular weight is 289 g/mol. The summed E-state index contributed by atoms with van der Waals surface area (Å²) in [7, 11) is 0. The highest BCUT2D eigenvalue weighted by atomic mass is 16.2. The Morgan fingerprint density at radius 1 is 1.43 bits per heavy atom. The molecule has 1 aromatic rings. The third-order valence-corrected chi connectivity index (χ3v) is 4.47. The van der Waals surface area contributed by atoms with E-state index in [0.29, 0.717) is 18.4 Å². The number of piperidine rings is 1. The van der Waals surface area contributed by atoms with Crippen molar-refractivity contribution >= 4 is 11.6 Å². The minimum atomic E-state index is 0.0710. The van der Waals surface area contributed by atoms with E-state index in [1.54, 1.807) is 0 Å². The number of aryl methyl sites for hydroxylation is 1.